The van der Waals surface area contributed by atoms with Gasteiger partial charge in [0.2, 0.25) is 0 Å². The molecule has 0 bridgehead atoms. The van der Waals surface area contributed by atoms with Crippen molar-refractivity contribution >= 4 is 0 Å². The molecule has 0 amide bonds. The Hall–Kier alpha value is -1.44. The summed E-state index contributed by atoms with van der Waals surface area (Å²) in [6.07, 6.45) is -8.76. The van der Waals surface area contributed by atoms with Gasteiger partial charge in [0.25, 0.3) is 0 Å². The summed E-state index contributed by atoms with van der Waals surface area (Å²) in [6, 6.07) is 5.58. The fourth-order valence-corrected chi connectivity index (χ4v) is 2.52. The van der Waals surface area contributed by atoms with E-state index in [-0.39, 0.29) is 18.8 Å². The maximum absolute atomic E-state index is 12.3. The fraction of sp³-hybridized carbons (Fsp3) is 0.538. The van der Waals surface area contributed by atoms with Crippen LogP contribution in [0.1, 0.15) is 17.9 Å². The quantitative estimate of drug-likeness (QED) is 0.784. The third-order valence-corrected chi connectivity index (χ3v) is 3.26. The van der Waals surface area contributed by atoms with E-state index in [1.54, 1.807) is 6.07 Å². The Morgan fingerprint density at radius 3 is 2.38 bits per heavy atom. The molecule has 1 aliphatic rings. The van der Waals surface area contributed by atoms with Gasteiger partial charge in [-0.25, -0.2) is 0 Å². The number of alkyl halides is 6. The van der Waals surface area contributed by atoms with Crippen LogP contribution in [0.15, 0.2) is 24.3 Å². The summed E-state index contributed by atoms with van der Waals surface area (Å²) in [4.78, 5) is 1.19. The van der Waals surface area contributed by atoms with E-state index in [0.717, 1.165) is 0 Å². The van der Waals surface area contributed by atoms with E-state index in [0.29, 0.717) is 12.0 Å². The smallest absolute Gasteiger partial charge is 0.405 e. The molecule has 0 radical (unpaired) electrons. The van der Waals surface area contributed by atoms with Crippen LogP contribution in [-0.2, 0) is 0 Å². The van der Waals surface area contributed by atoms with Crippen molar-refractivity contribution in [2.75, 3.05) is 19.6 Å². The van der Waals surface area contributed by atoms with Crippen molar-refractivity contribution in [3.05, 3.63) is 29.8 Å². The molecule has 0 spiro atoms. The van der Waals surface area contributed by atoms with Gasteiger partial charge in [-0.3, -0.25) is 4.90 Å². The summed E-state index contributed by atoms with van der Waals surface area (Å²) in [5.74, 6) is -0.741. The average Bonchev–Trinajstić information content (AvgIpc) is 2.73. The van der Waals surface area contributed by atoms with Crippen LogP contribution in [0.4, 0.5) is 26.3 Å². The molecule has 1 heterocycles. The first-order chi connectivity index (χ1) is 9.64. The summed E-state index contributed by atoms with van der Waals surface area (Å²) in [5.41, 5.74) is 0.291. The van der Waals surface area contributed by atoms with E-state index >= 15 is 0 Å². The highest BCUT2D eigenvalue weighted by Gasteiger charge is 2.37. The van der Waals surface area contributed by atoms with Gasteiger partial charge in [-0.1, -0.05) is 18.2 Å². The van der Waals surface area contributed by atoms with Crippen LogP contribution in [0.2, 0.25) is 0 Å². The SMILES string of the molecule is FC(F)(F)CN1CC[C@@H](c2ccccc2OC(F)(F)F)C1. The Bertz CT molecular complexity index is 484. The van der Waals surface area contributed by atoms with Crippen LogP contribution < -0.4 is 4.74 Å². The zero-order valence-electron chi connectivity index (χ0n) is 10.8. The summed E-state index contributed by atoms with van der Waals surface area (Å²) < 4.78 is 77.9. The lowest BCUT2D eigenvalue weighted by molar-refractivity contribution is -0.275. The third kappa shape index (κ3) is 4.80. The third-order valence-electron chi connectivity index (χ3n) is 3.26. The van der Waals surface area contributed by atoms with Crippen molar-refractivity contribution in [3.63, 3.8) is 0 Å². The van der Waals surface area contributed by atoms with E-state index in [1.807, 2.05) is 0 Å². The number of hydrogen-bond acceptors (Lipinski definition) is 2. The van der Waals surface area contributed by atoms with Gasteiger partial charge in [-0.2, -0.15) is 13.2 Å². The van der Waals surface area contributed by atoms with Crippen molar-refractivity contribution in [1.29, 1.82) is 0 Å². The molecular formula is C13H13F6NO. The van der Waals surface area contributed by atoms with Crippen LogP contribution in [0.25, 0.3) is 0 Å². The topological polar surface area (TPSA) is 12.5 Å². The van der Waals surface area contributed by atoms with E-state index in [4.69, 9.17) is 0 Å². The van der Waals surface area contributed by atoms with Crippen molar-refractivity contribution in [2.45, 2.75) is 24.9 Å². The monoisotopic (exact) mass is 313 g/mol. The molecule has 1 atom stereocenters. The van der Waals surface area contributed by atoms with Crippen LogP contribution in [0, 0.1) is 0 Å². The van der Waals surface area contributed by atoms with Gasteiger partial charge in [0, 0.05) is 12.5 Å². The first-order valence-corrected chi connectivity index (χ1v) is 6.28. The first-order valence-electron chi connectivity index (χ1n) is 6.28. The molecule has 8 heteroatoms. The maximum Gasteiger partial charge on any atom is 0.573 e. The Morgan fingerprint density at radius 2 is 1.76 bits per heavy atom. The minimum Gasteiger partial charge on any atom is -0.405 e. The van der Waals surface area contributed by atoms with E-state index in [1.165, 1.54) is 23.1 Å². The maximum atomic E-state index is 12.3. The molecule has 1 saturated heterocycles. The molecule has 21 heavy (non-hydrogen) atoms. The molecule has 1 aromatic rings. The van der Waals surface area contributed by atoms with Crippen LogP contribution >= 0.6 is 0 Å². The second kappa shape index (κ2) is 5.75. The van der Waals surface area contributed by atoms with Gasteiger partial charge in [-0.05, 0) is 24.6 Å². The predicted molar refractivity (Wildman–Crippen MR) is 63.0 cm³/mol. The summed E-state index contributed by atoms with van der Waals surface area (Å²) >= 11 is 0. The molecule has 0 unspecified atom stereocenters. The molecule has 2 rings (SSSR count). The van der Waals surface area contributed by atoms with E-state index in [2.05, 4.69) is 4.74 Å². The number of halogens is 6. The molecule has 0 aliphatic carbocycles. The summed E-state index contributed by atoms with van der Waals surface area (Å²) in [5, 5.41) is 0. The summed E-state index contributed by atoms with van der Waals surface area (Å²) in [6.45, 7) is -0.784. The number of ether oxygens (including phenoxy) is 1. The minimum atomic E-state index is -4.82. The minimum absolute atomic E-state index is 0.0672. The van der Waals surface area contributed by atoms with Crippen molar-refractivity contribution in [3.8, 4) is 5.75 Å². The molecule has 0 N–H and O–H groups in total. The molecule has 0 saturated carbocycles. The Kier molecular flexibility index (Phi) is 4.36. The fourth-order valence-electron chi connectivity index (χ4n) is 2.52. The largest absolute Gasteiger partial charge is 0.573 e. The number of nitrogens with zero attached hydrogens (tertiary/aromatic N) is 1. The molecule has 1 fully saturated rings. The normalized spacial score (nSPS) is 20.8. The van der Waals surface area contributed by atoms with Gasteiger partial charge < -0.3 is 4.74 Å². The Morgan fingerprint density at radius 1 is 1.10 bits per heavy atom. The van der Waals surface area contributed by atoms with Crippen molar-refractivity contribution < 1.29 is 31.1 Å². The number of likely N-dealkylation sites (tertiary alicyclic amines) is 1. The van der Waals surface area contributed by atoms with Gasteiger partial charge in [-0.15, -0.1) is 13.2 Å². The molecule has 1 aliphatic heterocycles. The van der Waals surface area contributed by atoms with Gasteiger partial charge in [0.1, 0.15) is 5.75 Å². The number of hydrogen-bond donors (Lipinski definition) is 0. The van der Waals surface area contributed by atoms with Gasteiger partial charge in [0.15, 0.2) is 0 Å². The van der Waals surface area contributed by atoms with Gasteiger partial charge in [0.05, 0.1) is 6.54 Å². The van der Waals surface area contributed by atoms with Crippen LogP contribution in [0.5, 0.6) is 5.75 Å². The van der Waals surface area contributed by atoms with Crippen molar-refractivity contribution in [2.24, 2.45) is 0 Å². The van der Waals surface area contributed by atoms with Crippen LogP contribution in [0.3, 0.4) is 0 Å². The first kappa shape index (κ1) is 15.9. The Balaban J connectivity index is 2.09. The highest BCUT2D eigenvalue weighted by atomic mass is 19.4. The zero-order valence-corrected chi connectivity index (χ0v) is 10.8. The molecule has 0 aromatic heterocycles. The molecule has 2 nitrogen and oxygen atoms in total. The van der Waals surface area contributed by atoms with Crippen LogP contribution in [-0.4, -0.2) is 37.1 Å². The molecular weight excluding hydrogens is 300 g/mol. The Labute approximate surface area is 117 Å². The van der Waals surface area contributed by atoms with E-state index in [9.17, 15) is 26.3 Å². The second-order valence-corrected chi connectivity index (χ2v) is 4.92. The lowest BCUT2D eigenvalue weighted by Gasteiger charge is -2.19. The lowest BCUT2D eigenvalue weighted by atomic mass is 9.97. The van der Waals surface area contributed by atoms with E-state index < -0.39 is 25.0 Å². The van der Waals surface area contributed by atoms with Crippen molar-refractivity contribution in [1.82, 2.24) is 4.90 Å². The zero-order chi connectivity index (χ0) is 15.7. The number of benzene rings is 1. The second-order valence-electron chi connectivity index (χ2n) is 4.92. The van der Waals surface area contributed by atoms with Gasteiger partial charge >= 0.3 is 12.5 Å². The highest BCUT2D eigenvalue weighted by molar-refractivity contribution is 5.37. The molecule has 1 aromatic carbocycles. The lowest BCUT2D eigenvalue weighted by Crippen LogP contribution is -2.32. The predicted octanol–water partition coefficient (Wildman–Crippen LogP) is 3.94. The molecule has 118 valence electrons. The standard InChI is InChI=1S/C13H13F6NO/c14-12(15,16)8-20-6-5-9(7-20)10-3-1-2-4-11(10)21-13(17,18)19/h1-4,9H,5-8H2/t9-/m1/s1. The number of rotatable bonds is 3. The number of para-hydroxylation sites is 1. The average molecular weight is 313 g/mol. The highest BCUT2D eigenvalue weighted by Crippen LogP contribution is 2.36. The summed E-state index contributed by atoms with van der Waals surface area (Å²) in [7, 11) is 0.